The van der Waals surface area contributed by atoms with Gasteiger partial charge in [-0.1, -0.05) is 33.1 Å². The van der Waals surface area contributed by atoms with Gasteiger partial charge in [-0.05, 0) is 32.1 Å². The molecule has 0 bridgehead atoms. The van der Waals surface area contributed by atoms with Crippen LogP contribution in [-0.2, 0) is 19.0 Å². The predicted octanol–water partition coefficient (Wildman–Crippen LogP) is 3.08. The Hall–Kier alpha value is -0.360. The first kappa shape index (κ1) is 21.7. The number of hydrogen-bond donors (Lipinski definition) is 1. The third-order valence-electron chi connectivity index (χ3n) is 4.93. The summed E-state index contributed by atoms with van der Waals surface area (Å²) >= 11 is 0. The minimum absolute atomic E-state index is 0. The fraction of sp³-hybridized carbons (Fsp3) is 0.944. The average Bonchev–Trinajstić information content (AvgIpc) is 3.01. The van der Waals surface area contributed by atoms with Gasteiger partial charge in [0, 0.05) is 5.92 Å². The molecule has 2 fully saturated rings. The van der Waals surface area contributed by atoms with Crippen LogP contribution < -0.4 is 5.73 Å². The number of halogens is 1. The van der Waals surface area contributed by atoms with Crippen molar-refractivity contribution in [2.24, 2.45) is 17.6 Å². The molecule has 24 heavy (non-hydrogen) atoms. The average molecular weight is 364 g/mol. The molecule has 1 heterocycles. The summed E-state index contributed by atoms with van der Waals surface area (Å²) in [5, 5.41) is 0. The van der Waals surface area contributed by atoms with Crippen LogP contribution >= 0.6 is 12.4 Å². The van der Waals surface area contributed by atoms with Gasteiger partial charge >= 0.3 is 5.97 Å². The molecule has 0 aromatic rings. The van der Waals surface area contributed by atoms with Gasteiger partial charge in [0.2, 0.25) is 0 Å². The Labute approximate surface area is 152 Å². The van der Waals surface area contributed by atoms with Crippen LogP contribution in [0.15, 0.2) is 0 Å². The van der Waals surface area contributed by atoms with E-state index >= 15 is 0 Å². The molecule has 1 aliphatic carbocycles. The molecule has 2 N–H and O–H groups in total. The molecule has 0 aromatic carbocycles. The standard InChI is InChI=1S/C18H33NO4.ClH/c1-12(2)8-9-14-10-21-11-16(19)18(20)22-13(3)17(14)23-15-6-4-5-7-15;/h12-17H,4-11,19H2,1-3H3;1H/t13-,14-,16-,17-;/m0./s1. The summed E-state index contributed by atoms with van der Waals surface area (Å²) in [5.41, 5.74) is 5.82. The number of carbonyl (C=O) groups excluding carboxylic acids is 1. The zero-order valence-corrected chi connectivity index (χ0v) is 16.1. The van der Waals surface area contributed by atoms with Crippen LogP contribution in [0.1, 0.15) is 59.3 Å². The highest BCUT2D eigenvalue weighted by molar-refractivity contribution is 5.85. The van der Waals surface area contributed by atoms with Crippen LogP contribution in [-0.4, -0.2) is 43.5 Å². The summed E-state index contributed by atoms with van der Waals surface area (Å²) in [6, 6.07) is -0.701. The van der Waals surface area contributed by atoms with E-state index in [1.807, 2.05) is 6.92 Å². The van der Waals surface area contributed by atoms with Gasteiger partial charge in [0.15, 0.2) is 0 Å². The lowest BCUT2D eigenvalue weighted by Gasteiger charge is -2.33. The third kappa shape index (κ3) is 6.51. The molecule has 1 saturated heterocycles. The van der Waals surface area contributed by atoms with Crippen molar-refractivity contribution in [3.8, 4) is 0 Å². The monoisotopic (exact) mass is 363 g/mol. The Morgan fingerprint density at radius 1 is 1.25 bits per heavy atom. The molecular weight excluding hydrogens is 330 g/mol. The second-order valence-electron chi connectivity index (χ2n) is 7.52. The predicted molar refractivity (Wildman–Crippen MR) is 96.3 cm³/mol. The summed E-state index contributed by atoms with van der Waals surface area (Å²) in [4.78, 5) is 12.0. The molecule has 1 saturated carbocycles. The summed E-state index contributed by atoms with van der Waals surface area (Å²) < 4.78 is 17.7. The van der Waals surface area contributed by atoms with Gasteiger partial charge in [-0.25, -0.2) is 0 Å². The van der Waals surface area contributed by atoms with Crippen molar-refractivity contribution in [1.82, 2.24) is 0 Å². The largest absolute Gasteiger partial charge is 0.459 e. The van der Waals surface area contributed by atoms with E-state index in [1.54, 1.807) is 0 Å². The van der Waals surface area contributed by atoms with E-state index in [1.165, 1.54) is 12.8 Å². The lowest BCUT2D eigenvalue weighted by Crippen LogP contribution is -2.42. The summed E-state index contributed by atoms with van der Waals surface area (Å²) in [5.74, 6) is 0.489. The smallest absolute Gasteiger partial charge is 0.325 e. The minimum atomic E-state index is -0.701. The fourth-order valence-electron chi connectivity index (χ4n) is 3.49. The van der Waals surface area contributed by atoms with Crippen molar-refractivity contribution in [1.29, 1.82) is 0 Å². The highest BCUT2D eigenvalue weighted by Gasteiger charge is 2.35. The molecule has 4 atom stereocenters. The third-order valence-corrected chi connectivity index (χ3v) is 4.93. The minimum Gasteiger partial charge on any atom is -0.459 e. The number of nitrogens with two attached hydrogens (primary N) is 1. The Balaban J connectivity index is 0.00000288. The molecule has 0 unspecified atom stereocenters. The van der Waals surface area contributed by atoms with Gasteiger partial charge < -0.3 is 19.9 Å². The SMILES string of the molecule is CC(C)CC[C@H]1COC[C@H](N)C(=O)O[C@@H](C)[C@@H]1OC1CCCC1.Cl. The number of hydrogen-bond acceptors (Lipinski definition) is 5. The van der Waals surface area contributed by atoms with Crippen LogP contribution in [0.4, 0.5) is 0 Å². The number of esters is 1. The maximum atomic E-state index is 12.0. The molecule has 2 aliphatic rings. The fourth-order valence-corrected chi connectivity index (χ4v) is 3.49. The van der Waals surface area contributed by atoms with Crippen LogP contribution in [0.3, 0.4) is 0 Å². The Morgan fingerprint density at radius 3 is 2.54 bits per heavy atom. The highest BCUT2D eigenvalue weighted by atomic mass is 35.5. The van der Waals surface area contributed by atoms with Crippen molar-refractivity contribution < 1.29 is 19.0 Å². The zero-order valence-electron chi connectivity index (χ0n) is 15.2. The van der Waals surface area contributed by atoms with Gasteiger partial charge in [0.25, 0.3) is 0 Å². The molecule has 2 rings (SSSR count). The van der Waals surface area contributed by atoms with E-state index in [0.29, 0.717) is 12.5 Å². The maximum Gasteiger partial charge on any atom is 0.325 e. The van der Waals surface area contributed by atoms with E-state index in [0.717, 1.165) is 25.7 Å². The van der Waals surface area contributed by atoms with E-state index in [-0.39, 0.29) is 49.2 Å². The van der Waals surface area contributed by atoms with Crippen molar-refractivity contribution in [3.63, 3.8) is 0 Å². The van der Waals surface area contributed by atoms with Crippen LogP contribution in [0.2, 0.25) is 0 Å². The van der Waals surface area contributed by atoms with Gasteiger partial charge in [-0.2, -0.15) is 0 Å². The van der Waals surface area contributed by atoms with Crippen molar-refractivity contribution in [2.75, 3.05) is 13.2 Å². The molecule has 1 aliphatic heterocycles. The second kappa shape index (κ2) is 10.6. The lowest BCUT2D eigenvalue weighted by molar-refractivity contribution is -0.164. The van der Waals surface area contributed by atoms with E-state index in [9.17, 15) is 4.79 Å². The summed E-state index contributed by atoms with van der Waals surface area (Å²) in [6.07, 6.45) is 6.70. The highest BCUT2D eigenvalue weighted by Crippen LogP contribution is 2.29. The topological polar surface area (TPSA) is 70.8 Å². The van der Waals surface area contributed by atoms with Gasteiger partial charge in [0.1, 0.15) is 12.1 Å². The van der Waals surface area contributed by atoms with Crippen LogP contribution in [0.25, 0.3) is 0 Å². The van der Waals surface area contributed by atoms with Crippen molar-refractivity contribution >= 4 is 18.4 Å². The van der Waals surface area contributed by atoms with E-state index in [4.69, 9.17) is 19.9 Å². The molecule has 0 spiro atoms. The number of cyclic esters (lactones) is 1. The zero-order chi connectivity index (χ0) is 16.8. The molecule has 0 aromatic heterocycles. The quantitative estimate of drug-likeness (QED) is 0.760. The van der Waals surface area contributed by atoms with Gasteiger partial charge in [0.05, 0.1) is 25.4 Å². The summed E-state index contributed by atoms with van der Waals surface area (Å²) in [6.45, 7) is 7.18. The van der Waals surface area contributed by atoms with Crippen LogP contribution in [0, 0.1) is 11.8 Å². The Bertz CT molecular complexity index is 374. The molecule has 0 amide bonds. The van der Waals surface area contributed by atoms with Gasteiger partial charge in [-0.15, -0.1) is 12.4 Å². The first-order chi connectivity index (χ1) is 11.0. The molecule has 142 valence electrons. The summed E-state index contributed by atoms with van der Waals surface area (Å²) in [7, 11) is 0. The van der Waals surface area contributed by atoms with E-state index < -0.39 is 6.04 Å². The molecule has 6 heteroatoms. The lowest BCUT2D eigenvalue weighted by atomic mass is 9.91. The van der Waals surface area contributed by atoms with Gasteiger partial charge in [-0.3, -0.25) is 4.79 Å². The maximum absolute atomic E-state index is 12.0. The van der Waals surface area contributed by atoms with E-state index in [2.05, 4.69) is 13.8 Å². The van der Waals surface area contributed by atoms with Crippen molar-refractivity contribution in [2.45, 2.75) is 83.6 Å². The second-order valence-corrected chi connectivity index (χ2v) is 7.52. The number of carbonyl (C=O) groups is 1. The number of ether oxygens (including phenoxy) is 3. The molecule has 0 radical (unpaired) electrons. The number of rotatable bonds is 5. The first-order valence-electron chi connectivity index (χ1n) is 9.16. The molecule has 5 nitrogen and oxygen atoms in total. The van der Waals surface area contributed by atoms with Crippen LogP contribution in [0.5, 0.6) is 0 Å². The molecular formula is C18H34ClNO4. The Kier molecular flexibility index (Phi) is 9.57. The Morgan fingerprint density at radius 2 is 1.92 bits per heavy atom. The normalized spacial score (nSPS) is 32.6. The first-order valence-corrected chi connectivity index (χ1v) is 9.16. The van der Waals surface area contributed by atoms with Crippen molar-refractivity contribution in [3.05, 3.63) is 0 Å².